The van der Waals surface area contributed by atoms with E-state index in [0.29, 0.717) is 6.61 Å². The van der Waals surface area contributed by atoms with Gasteiger partial charge in [0.25, 0.3) is 0 Å². The Morgan fingerprint density at radius 2 is 1.70 bits per heavy atom. The van der Waals surface area contributed by atoms with Crippen molar-refractivity contribution >= 4 is 5.69 Å². The number of nitrogens with two attached hydrogens (primary N) is 1. The van der Waals surface area contributed by atoms with Crippen LogP contribution in [0.5, 0.6) is 11.5 Å². The van der Waals surface area contributed by atoms with Gasteiger partial charge in [0.05, 0.1) is 13.2 Å². The van der Waals surface area contributed by atoms with Gasteiger partial charge in [-0.1, -0.05) is 18.2 Å². The molecule has 2 aromatic rings. The number of nitrogens with zero attached hydrogens (tertiary/aromatic N) is 1. The molecule has 0 spiro atoms. The first-order valence-corrected chi connectivity index (χ1v) is 8.05. The van der Waals surface area contributed by atoms with Crippen molar-refractivity contribution in [2.45, 2.75) is 19.9 Å². The zero-order valence-electron chi connectivity index (χ0n) is 14.2. The summed E-state index contributed by atoms with van der Waals surface area (Å²) in [5.74, 6) is 1.67. The fraction of sp³-hybridized carbons (Fsp3) is 0.368. The van der Waals surface area contributed by atoms with Crippen molar-refractivity contribution in [1.29, 1.82) is 0 Å². The minimum absolute atomic E-state index is 0.169. The summed E-state index contributed by atoms with van der Waals surface area (Å²) in [5.41, 5.74) is 8.41. The van der Waals surface area contributed by atoms with E-state index in [9.17, 15) is 0 Å². The quantitative estimate of drug-likeness (QED) is 0.808. The summed E-state index contributed by atoms with van der Waals surface area (Å²) in [6.45, 7) is 6.69. The molecule has 0 aliphatic rings. The number of ether oxygens (including phenoxy) is 2. The second-order valence-electron chi connectivity index (χ2n) is 5.36. The Morgan fingerprint density at radius 3 is 2.30 bits per heavy atom. The van der Waals surface area contributed by atoms with Gasteiger partial charge in [0.1, 0.15) is 18.1 Å². The lowest BCUT2D eigenvalue weighted by molar-refractivity contribution is 0.290. The molecule has 0 fully saturated rings. The van der Waals surface area contributed by atoms with Gasteiger partial charge in [-0.2, -0.15) is 0 Å². The Morgan fingerprint density at radius 1 is 1.00 bits per heavy atom. The summed E-state index contributed by atoms with van der Waals surface area (Å²) >= 11 is 0. The van der Waals surface area contributed by atoms with Gasteiger partial charge in [-0.15, -0.1) is 0 Å². The molecule has 1 unspecified atom stereocenters. The van der Waals surface area contributed by atoms with E-state index in [2.05, 4.69) is 30.9 Å². The van der Waals surface area contributed by atoms with Crippen molar-refractivity contribution in [3.63, 3.8) is 0 Å². The predicted molar refractivity (Wildman–Crippen MR) is 95.4 cm³/mol. The molecule has 0 aliphatic heterocycles. The summed E-state index contributed by atoms with van der Waals surface area (Å²) < 4.78 is 11.0. The third kappa shape index (κ3) is 4.63. The van der Waals surface area contributed by atoms with Gasteiger partial charge in [0, 0.05) is 24.8 Å². The summed E-state index contributed by atoms with van der Waals surface area (Å²) in [6, 6.07) is 15.7. The van der Waals surface area contributed by atoms with Crippen LogP contribution in [0.4, 0.5) is 5.69 Å². The first kappa shape index (κ1) is 17.2. The summed E-state index contributed by atoms with van der Waals surface area (Å²) in [4.78, 5) is 2.29. The van der Waals surface area contributed by atoms with Crippen LogP contribution >= 0.6 is 0 Å². The SMILES string of the molecule is CCN(CC)c1cccc(OCC(N)c2ccc(OC)cc2)c1. The second-order valence-corrected chi connectivity index (χ2v) is 5.36. The molecule has 0 bridgehead atoms. The third-order valence-corrected chi connectivity index (χ3v) is 3.92. The molecule has 0 saturated heterocycles. The van der Waals surface area contributed by atoms with Gasteiger partial charge in [-0.05, 0) is 43.7 Å². The van der Waals surface area contributed by atoms with E-state index in [1.165, 1.54) is 5.69 Å². The lowest BCUT2D eigenvalue weighted by Crippen LogP contribution is -2.22. The molecule has 0 saturated carbocycles. The van der Waals surface area contributed by atoms with E-state index in [-0.39, 0.29) is 6.04 Å². The van der Waals surface area contributed by atoms with Gasteiger partial charge >= 0.3 is 0 Å². The Bertz CT molecular complexity index is 595. The number of methoxy groups -OCH3 is 1. The Kier molecular flexibility index (Phi) is 6.29. The van der Waals surface area contributed by atoms with Gasteiger partial charge in [0.15, 0.2) is 0 Å². The molecule has 1 atom stereocenters. The average molecular weight is 314 g/mol. The molecule has 2 rings (SSSR count). The largest absolute Gasteiger partial charge is 0.497 e. The summed E-state index contributed by atoms with van der Waals surface area (Å²) in [6.07, 6.45) is 0. The Balaban J connectivity index is 1.98. The molecule has 4 heteroatoms. The van der Waals surface area contributed by atoms with Crippen LogP contribution < -0.4 is 20.1 Å². The number of hydrogen-bond donors (Lipinski definition) is 1. The maximum Gasteiger partial charge on any atom is 0.121 e. The molecule has 0 aromatic heterocycles. The molecule has 2 aromatic carbocycles. The summed E-state index contributed by atoms with van der Waals surface area (Å²) in [7, 11) is 1.65. The topological polar surface area (TPSA) is 47.7 Å². The highest BCUT2D eigenvalue weighted by Gasteiger charge is 2.08. The average Bonchev–Trinajstić information content (AvgIpc) is 2.61. The normalized spacial score (nSPS) is 11.8. The number of hydrogen-bond acceptors (Lipinski definition) is 4. The molecule has 2 N–H and O–H groups in total. The molecule has 0 aliphatic carbocycles. The molecule has 124 valence electrons. The van der Waals surface area contributed by atoms with E-state index in [1.807, 2.05) is 36.4 Å². The van der Waals surface area contributed by atoms with Crippen molar-refractivity contribution < 1.29 is 9.47 Å². The van der Waals surface area contributed by atoms with Gasteiger partial charge in [-0.25, -0.2) is 0 Å². The van der Waals surface area contributed by atoms with E-state index in [0.717, 1.165) is 30.2 Å². The minimum Gasteiger partial charge on any atom is -0.497 e. The molecular formula is C19H26N2O2. The number of anilines is 1. The van der Waals surface area contributed by atoms with Gasteiger partial charge < -0.3 is 20.1 Å². The molecule has 0 amide bonds. The Hall–Kier alpha value is -2.20. The van der Waals surface area contributed by atoms with Crippen LogP contribution in [0, 0.1) is 0 Å². The van der Waals surface area contributed by atoms with Gasteiger partial charge in [0.2, 0.25) is 0 Å². The predicted octanol–water partition coefficient (Wildman–Crippen LogP) is 3.62. The maximum atomic E-state index is 6.21. The maximum absolute atomic E-state index is 6.21. The summed E-state index contributed by atoms with van der Waals surface area (Å²) in [5, 5.41) is 0. The molecule has 23 heavy (non-hydrogen) atoms. The Labute approximate surface area is 138 Å². The van der Waals surface area contributed by atoms with Crippen LogP contribution in [0.15, 0.2) is 48.5 Å². The molecule has 4 nitrogen and oxygen atoms in total. The fourth-order valence-corrected chi connectivity index (χ4v) is 2.49. The minimum atomic E-state index is -0.169. The standard InChI is InChI=1S/C19H26N2O2/c1-4-21(5-2)16-7-6-8-18(13-16)23-14-19(20)15-9-11-17(22-3)12-10-15/h6-13,19H,4-5,14,20H2,1-3H3. The second kappa shape index (κ2) is 8.44. The molecule has 0 heterocycles. The van der Waals surface area contributed by atoms with E-state index < -0.39 is 0 Å². The van der Waals surface area contributed by atoms with Crippen LogP contribution in [0.3, 0.4) is 0 Å². The number of rotatable bonds is 8. The van der Waals surface area contributed by atoms with Crippen molar-refractivity contribution in [3.05, 3.63) is 54.1 Å². The lowest BCUT2D eigenvalue weighted by Gasteiger charge is -2.22. The number of benzene rings is 2. The zero-order valence-corrected chi connectivity index (χ0v) is 14.2. The fourth-order valence-electron chi connectivity index (χ4n) is 2.49. The third-order valence-electron chi connectivity index (χ3n) is 3.92. The van der Waals surface area contributed by atoms with Crippen LogP contribution in [0.2, 0.25) is 0 Å². The van der Waals surface area contributed by atoms with Crippen LogP contribution in [0.25, 0.3) is 0 Å². The zero-order chi connectivity index (χ0) is 16.7. The van der Waals surface area contributed by atoms with E-state index in [4.69, 9.17) is 15.2 Å². The highest BCUT2D eigenvalue weighted by molar-refractivity contribution is 5.50. The van der Waals surface area contributed by atoms with E-state index in [1.54, 1.807) is 7.11 Å². The lowest BCUT2D eigenvalue weighted by atomic mass is 10.1. The molecular weight excluding hydrogens is 288 g/mol. The smallest absolute Gasteiger partial charge is 0.121 e. The van der Waals surface area contributed by atoms with Crippen LogP contribution in [0.1, 0.15) is 25.5 Å². The van der Waals surface area contributed by atoms with Gasteiger partial charge in [-0.3, -0.25) is 0 Å². The van der Waals surface area contributed by atoms with Crippen LogP contribution in [-0.2, 0) is 0 Å². The van der Waals surface area contributed by atoms with Crippen molar-refractivity contribution in [2.75, 3.05) is 31.7 Å². The highest BCUT2D eigenvalue weighted by Crippen LogP contribution is 2.22. The van der Waals surface area contributed by atoms with Crippen molar-refractivity contribution in [1.82, 2.24) is 0 Å². The molecule has 0 radical (unpaired) electrons. The first-order chi connectivity index (χ1) is 11.2. The van der Waals surface area contributed by atoms with Crippen LogP contribution in [-0.4, -0.2) is 26.8 Å². The first-order valence-electron chi connectivity index (χ1n) is 8.05. The van der Waals surface area contributed by atoms with E-state index >= 15 is 0 Å². The monoisotopic (exact) mass is 314 g/mol. The van der Waals surface area contributed by atoms with Crippen molar-refractivity contribution in [3.8, 4) is 11.5 Å². The van der Waals surface area contributed by atoms with Crippen molar-refractivity contribution in [2.24, 2.45) is 5.73 Å². The highest BCUT2D eigenvalue weighted by atomic mass is 16.5.